The molecular weight excluding hydrogens is 458 g/mol. The summed E-state index contributed by atoms with van der Waals surface area (Å²) < 4.78 is 18.4. The van der Waals surface area contributed by atoms with E-state index in [1.807, 2.05) is 44.3 Å². The molecule has 0 saturated carbocycles. The topological polar surface area (TPSA) is 90.8 Å². The fraction of sp³-hybridized carbons (Fsp3) is 0.360. The smallest absolute Gasteiger partial charge is 0.407 e. The molecule has 178 valence electrons. The summed E-state index contributed by atoms with van der Waals surface area (Å²) in [4.78, 5) is 24.6. The van der Waals surface area contributed by atoms with Crippen LogP contribution in [0.5, 0.6) is 5.75 Å². The summed E-state index contributed by atoms with van der Waals surface area (Å²) >= 11 is 6.54. The number of cyclic esters (lactones) is 1. The van der Waals surface area contributed by atoms with Gasteiger partial charge in [0.05, 0.1) is 29.2 Å². The van der Waals surface area contributed by atoms with E-state index in [4.69, 9.17) is 25.8 Å². The van der Waals surface area contributed by atoms with Crippen molar-refractivity contribution in [2.45, 2.75) is 25.0 Å². The Labute approximate surface area is 202 Å². The lowest BCUT2D eigenvalue weighted by Gasteiger charge is -2.29. The van der Waals surface area contributed by atoms with Crippen molar-refractivity contribution in [3.8, 4) is 5.75 Å². The summed E-state index contributed by atoms with van der Waals surface area (Å²) in [6, 6.07) is 13.5. The molecule has 2 aliphatic rings. The molecule has 0 spiro atoms. The molecule has 0 aliphatic carbocycles. The van der Waals surface area contributed by atoms with Crippen molar-refractivity contribution < 1.29 is 23.8 Å². The number of nitrogens with zero attached hydrogens (tertiary/aromatic N) is 1. The van der Waals surface area contributed by atoms with Crippen molar-refractivity contribution in [2.24, 2.45) is 7.05 Å². The first-order valence-corrected chi connectivity index (χ1v) is 11.6. The zero-order valence-electron chi connectivity index (χ0n) is 19.0. The van der Waals surface area contributed by atoms with Crippen LogP contribution in [0.3, 0.4) is 0 Å². The van der Waals surface area contributed by atoms with Crippen molar-refractivity contribution in [3.05, 3.63) is 64.3 Å². The fourth-order valence-electron chi connectivity index (χ4n) is 4.50. The molecule has 34 heavy (non-hydrogen) atoms. The van der Waals surface area contributed by atoms with Gasteiger partial charge in [-0.15, -0.1) is 0 Å². The van der Waals surface area contributed by atoms with Crippen molar-refractivity contribution in [1.29, 1.82) is 0 Å². The number of hydrogen-bond acceptors (Lipinski definition) is 5. The van der Waals surface area contributed by atoms with E-state index in [2.05, 4.69) is 10.6 Å². The van der Waals surface area contributed by atoms with Crippen LogP contribution in [-0.2, 0) is 22.1 Å². The lowest BCUT2D eigenvalue weighted by atomic mass is 9.88. The van der Waals surface area contributed by atoms with E-state index in [0.717, 1.165) is 22.0 Å². The van der Waals surface area contributed by atoms with Crippen molar-refractivity contribution >= 4 is 34.5 Å². The Hall–Kier alpha value is -3.23. The highest BCUT2D eigenvalue weighted by Gasteiger charge is 2.39. The summed E-state index contributed by atoms with van der Waals surface area (Å²) in [5.74, 6) is 0.334. The Morgan fingerprint density at radius 2 is 2.09 bits per heavy atom. The maximum atomic E-state index is 13.4. The Morgan fingerprint density at radius 3 is 2.76 bits per heavy atom. The maximum absolute atomic E-state index is 13.4. The van der Waals surface area contributed by atoms with E-state index in [9.17, 15) is 9.59 Å². The molecule has 1 aromatic heterocycles. The van der Waals surface area contributed by atoms with Crippen LogP contribution in [0.15, 0.2) is 42.5 Å². The van der Waals surface area contributed by atoms with Gasteiger partial charge in [0, 0.05) is 31.5 Å². The Balaban J connectivity index is 1.40. The minimum absolute atomic E-state index is 0.202. The molecular formula is C25H26ClN3O5. The number of rotatable bonds is 6. The van der Waals surface area contributed by atoms with Crippen LogP contribution in [0.2, 0.25) is 5.02 Å². The van der Waals surface area contributed by atoms with Gasteiger partial charge in [-0.25, -0.2) is 4.79 Å². The van der Waals surface area contributed by atoms with Gasteiger partial charge in [-0.05, 0) is 24.6 Å². The van der Waals surface area contributed by atoms with Gasteiger partial charge in [0.2, 0.25) is 0 Å². The number of alkyl carbamates (subject to hydrolysis) is 1. The van der Waals surface area contributed by atoms with Gasteiger partial charge in [0.25, 0.3) is 5.91 Å². The summed E-state index contributed by atoms with van der Waals surface area (Å²) in [5, 5.41) is 7.05. The quantitative estimate of drug-likeness (QED) is 0.558. The molecule has 3 aromatic rings. The number of benzene rings is 2. The second-order valence-electron chi connectivity index (χ2n) is 8.85. The molecule has 0 bridgehead atoms. The minimum Gasteiger partial charge on any atom is -0.490 e. The predicted molar refractivity (Wildman–Crippen MR) is 127 cm³/mol. The summed E-state index contributed by atoms with van der Waals surface area (Å²) in [5.41, 5.74) is 2.86. The maximum Gasteiger partial charge on any atom is 0.407 e. The number of fused-ring (bicyclic) bond motifs is 1. The van der Waals surface area contributed by atoms with Crippen molar-refractivity contribution in [1.82, 2.24) is 15.2 Å². The standard InChI is InChI=1S/C25H26ClN3O5/c1-15-3-5-16(6-4-15)25(7-8-32-14-25)28-23(30)22-11-19-20(26)9-17(10-21(19)29(22)2)33-13-18-12-27-24(31)34-18/h3-6,9-11,18H,7-8,12-14H2,1-2H3,(H,27,31)(H,28,30). The van der Waals surface area contributed by atoms with Gasteiger partial charge in [0.1, 0.15) is 18.1 Å². The molecule has 8 nitrogen and oxygen atoms in total. The lowest BCUT2D eigenvalue weighted by molar-refractivity contribution is 0.0868. The Kier molecular flexibility index (Phi) is 5.87. The number of amides is 2. The summed E-state index contributed by atoms with van der Waals surface area (Å²) in [6.45, 7) is 3.65. The SMILES string of the molecule is Cc1ccc(C2(NC(=O)c3cc4c(Cl)cc(OCC5CNC(=O)O5)cc4n3C)CCOC2)cc1. The molecule has 2 unspecified atom stereocenters. The zero-order valence-corrected chi connectivity index (χ0v) is 19.8. The number of ether oxygens (including phenoxy) is 3. The first-order chi connectivity index (χ1) is 16.3. The number of hydrogen-bond donors (Lipinski definition) is 2. The average molecular weight is 484 g/mol. The van der Waals surface area contributed by atoms with E-state index in [1.54, 1.807) is 16.7 Å². The van der Waals surface area contributed by atoms with Crippen LogP contribution in [0.4, 0.5) is 4.79 Å². The third-order valence-electron chi connectivity index (χ3n) is 6.48. The molecule has 2 fully saturated rings. The first kappa shape index (κ1) is 22.6. The molecule has 9 heteroatoms. The van der Waals surface area contributed by atoms with Gasteiger partial charge in [-0.1, -0.05) is 41.4 Å². The molecule has 2 amide bonds. The number of carbonyl (C=O) groups excluding carboxylic acids is 2. The number of aryl methyl sites for hydroxylation is 2. The van der Waals surface area contributed by atoms with Gasteiger partial charge >= 0.3 is 6.09 Å². The number of aromatic nitrogens is 1. The highest BCUT2D eigenvalue weighted by atomic mass is 35.5. The fourth-order valence-corrected chi connectivity index (χ4v) is 4.75. The van der Waals surface area contributed by atoms with E-state index in [1.165, 1.54) is 0 Å². The highest BCUT2D eigenvalue weighted by Crippen LogP contribution is 2.34. The molecule has 2 aliphatic heterocycles. The lowest BCUT2D eigenvalue weighted by Crippen LogP contribution is -2.46. The van der Waals surface area contributed by atoms with Crippen molar-refractivity contribution in [2.75, 3.05) is 26.4 Å². The Bertz CT molecular complexity index is 1250. The molecule has 5 rings (SSSR count). The predicted octanol–water partition coefficient (Wildman–Crippen LogP) is 3.67. The number of nitrogens with one attached hydrogen (secondary N) is 2. The van der Waals surface area contributed by atoms with Crippen LogP contribution in [-0.4, -0.2) is 49.0 Å². The van der Waals surface area contributed by atoms with Crippen LogP contribution in [0.25, 0.3) is 10.9 Å². The minimum atomic E-state index is -0.577. The monoisotopic (exact) mass is 483 g/mol. The van der Waals surface area contributed by atoms with Crippen LogP contribution >= 0.6 is 11.6 Å². The molecule has 3 heterocycles. The van der Waals surface area contributed by atoms with Crippen LogP contribution in [0, 0.1) is 6.92 Å². The molecule has 2 N–H and O–H groups in total. The third-order valence-corrected chi connectivity index (χ3v) is 6.79. The van der Waals surface area contributed by atoms with Gasteiger partial charge in [-0.3, -0.25) is 4.79 Å². The zero-order chi connectivity index (χ0) is 23.9. The number of carbonyl (C=O) groups is 2. The molecule has 2 aromatic carbocycles. The molecule has 2 atom stereocenters. The number of halogens is 1. The summed E-state index contributed by atoms with van der Waals surface area (Å²) in [6.07, 6.45) is -0.106. The van der Waals surface area contributed by atoms with Gasteiger partial charge in [-0.2, -0.15) is 0 Å². The molecule has 2 saturated heterocycles. The summed E-state index contributed by atoms with van der Waals surface area (Å²) in [7, 11) is 1.82. The highest BCUT2D eigenvalue weighted by molar-refractivity contribution is 6.35. The third kappa shape index (κ3) is 4.19. The average Bonchev–Trinajstić information content (AvgIpc) is 3.53. The van der Waals surface area contributed by atoms with Gasteiger partial charge < -0.3 is 29.4 Å². The Morgan fingerprint density at radius 1 is 1.29 bits per heavy atom. The van der Waals surface area contributed by atoms with E-state index < -0.39 is 11.6 Å². The second-order valence-corrected chi connectivity index (χ2v) is 9.26. The molecule has 0 radical (unpaired) electrons. The van der Waals surface area contributed by atoms with E-state index in [0.29, 0.717) is 42.6 Å². The second kappa shape index (κ2) is 8.85. The first-order valence-electron chi connectivity index (χ1n) is 11.2. The van der Waals surface area contributed by atoms with Crippen LogP contribution in [0.1, 0.15) is 28.0 Å². The van der Waals surface area contributed by atoms with Crippen LogP contribution < -0.4 is 15.4 Å². The largest absolute Gasteiger partial charge is 0.490 e. The van der Waals surface area contributed by atoms with E-state index >= 15 is 0 Å². The van der Waals surface area contributed by atoms with Gasteiger partial charge in [0.15, 0.2) is 6.10 Å². The van der Waals surface area contributed by atoms with E-state index in [-0.39, 0.29) is 18.6 Å². The normalized spacial score (nSPS) is 22.0. The van der Waals surface area contributed by atoms with Crippen molar-refractivity contribution in [3.63, 3.8) is 0 Å².